The smallest absolute Gasteiger partial charge is 0.320 e. The number of benzene rings is 1. The molecule has 1 saturated carbocycles. The lowest BCUT2D eigenvalue weighted by Gasteiger charge is -2.47. The van der Waals surface area contributed by atoms with Gasteiger partial charge in [-0.15, -0.1) is 0 Å². The highest BCUT2D eigenvalue weighted by molar-refractivity contribution is 5.73. The SMILES string of the molecule is O=C(O)C1CCC2CCCCC2N1Cc1ccccc1F. The first-order valence-electron chi connectivity index (χ1n) is 7.89. The molecule has 1 heterocycles. The first kappa shape index (κ1) is 14.5. The molecule has 1 aliphatic heterocycles. The van der Waals surface area contributed by atoms with Crippen LogP contribution in [0.3, 0.4) is 0 Å². The monoisotopic (exact) mass is 291 g/mol. The van der Waals surface area contributed by atoms with Crippen LogP contribution < -0.4 is 0 Å². The van der Waals surface area contributed by atoms with Crippen LogP contribution in [0.15, 0.2) is 24.3 Å². The van der Waals surface area contributed by atoms with Crippen molar-refractivity contribution in [1.29, 1.82) is 0 Å². The van der Waals surface area contributed by atoms with E-state index < -0.39 is 12.0 Å². The Morgan fingerprint density at radius 3 is 2.71 bits per heavy atom. The molecule has 4 heteroatoms. The molecule has 3 unspecified atom stereocenters. The third kappa shape index (κ3) is 2.95. The van der Waals surface area contributed by atoms with Crippen molar-refractivity contribution in [3.05, 3.63) is 35.6 Å². The number of likely N-dealkylation sites (tertiary alicyclic amines) is 1. The van der Waals surface area contributed by atoms with Crippen molar-refractivity contribution in [3.8, 4) is 0 Å². The van der Waals surface area contributed by atoms with E-state index in [1.54, 1.807) is 12.1 Å². The Bertz CT molecular complexity index is 519. The molecule has 2 fully saturated rings. The summed E-state index contributed by atoms with van der Waals surface area (Å²) in [5.41, 5.74) is 0.606. The first-order chi connectivity index (χ1) is 10.2. The van der Waals surface area contributed by atoms with Gasteiger partial charge in [-0.2, -0.15) is 0 Å². The zero-order valence-corrected chi connectivity index (χ0v) is 12.2. The first-order valence-corrected chi connectivity index (χ1v) is 7.89. The number of aliphatic carboxylic acids is 1. The van der Waals surface area contributed by atoms with Crippen molar-refractivity contribution >= 4 is 5.97 Å². The van der Waals surface area contributed by atoms with Gasteiger partial charge in [0.25, 0.3) is 0 Å². The second-order valence-corrected chi connectivity index (χ2v) is 6.31. The van der Waals surface area contributed by atoms with Crippen molar-refractivity contribution in [1.82, 2.24) is 4.90 Å². The Morgan fingerprint density at radius 2 is 1.95 bits per heavy atom. The molecule has 1 aliphatic carbocycles. The molecule has 0 bridgehead atoms. The van der Waals surface area contributed by atoms with E-state index in [0.29, 0.717) is 30.5 Å². The molecule has 3 nitrogen and oxygen atoms in total. The van der Waals surface area contributed by atoms with E-state index >= 15 is 0 Å². The van der Waals surface area contributed by atoms with Crippen LogP contribution >= 0.6 is 0 Å². The average molecular weight is 291 g/mol. The molecule has 1 aromatic rings. The molecule has 0 aromatic heterocycles. The van der Waals surface area contributed by atoms with Gasteiger partial charge in [0.1, 0.15) is 11.9 Å². The Kier molecular flexibility index (Phi) is 4.24. The van der Waals surface area contributed by atoms with Gasteiger partial charge in [-0.25, -0.2) is 4.39 Å². The van der Waals surface area contributed by atoms with Gasteiger partial charge in [0, 0.05) is 18.2 Å². The minimum absolute atomic E-state index is 0.237. The van der Waals surface area contributed by atoms with E-state index in [0.717, 1.165) is 19.3 Å². The summed E-state index contributed by atoms with van der Waals surface area (Å²) >= 11 is 0. The van der Waals surface area contributed by atoms with Gasteiger partial charge in [-0.1, -0.05) is 31.0 Å². The summed E-state index contributed by atoms with van der Waals surface area (Å²) in [5, 5.41) is 9.51. The molecule has 0 radical (unpaired) electrons. The molecule has 3 rings (SSSR count). The fourth-order valence-corrected chi connectivity index (χ4v) is 4.05. The standard InChI is InChI=1S/C17H22FNO2/c18-14-7-3-1-6-13(14)11-19-15-8-4-2-5-12(15)9-10-16(19)17(20)21/h1,3,6-7,12,15-16H,2,4-5,8-11H2,(H,20,21). The number of rotatable bonds is 3. The molecule has 3 atom stereocenters. The molecule has 1 N–H and O–H groups in total. The number of carbonyl (C=O) groups is 1. The zero-order chi connectivity index (χ0) is 14.8. The molecule has 0 amide bonds. The summed E-state index contributed by atoms with van der Waals surface area (Å²) in [7, 11) is 0. The Labute approximate surface area is 124 Å². The summed E-state index contributed by atoms with van der Waals surface area (Å²) in [6.45, 7) is 0.408. The quantitative estimate of drug-likeness (QED) is 0.927. The van der Waals surface area contributed by atoms with Crippen LogP contribution in [0, 0.1) is 11.7 Å². The third-order valence-corrected chi connectivity index (χ3v) is 5.10. The molecule has 1 aromatic carbocycles. The fourth-order valence-electron chi connectivity index (χ4n) is 4.05. The van der Waals surface area contributed by atoms with Gasteiger partial charge in [0.15, 0.2) is 0 Å². The van der Waals surface area contributed by atoms with Crippen LogP contribution in [0.5, 0.6) is 0 Å². The maximum absolute atomic E-state index is 13.9. The van der Waals surface area contributed by atoms with E-state index in [1.165, 1.54) is 18.9 Å². The largest absolute Gasteiger partial charge is 0.480 e. The lowest BCUT2D eigenvalue weighted by atomic mass is 9.76. The zero-order valence-electron chi connectivity index (χ0n) is 12.2. The van der Waals surface area contributed by atoms with E-state index in [1.807, 2.05) is 11.0 Å². The molecule has 114 valence electrons. The van der Waals surface area contributed by atoms with Crippen LogP contribution in [0.2, 0.25) is 0 Å². The number of hydrogen-bond acceptors (Lipinski definition) is 2. The Balaban J connectivity index is 1.85. The van der Waals surface area contributed by atoms with Crippen molar-refractivity contribution in [3.63, 3.8) is 0 Å². The summed E-state index contributed by atoms with van der Waals surface area (Å²) in [6, 6.07) is 6.54. The number of carboxylic acid groups (broad SMARTS) is 1. The highest BCUT2D eigenvalue weighted by Gasteiger charge is 2.41. The van der Waals surface area contributed by atoms with E-state index in [9.17, 15) is 14.3 Å². The van der Waals surface area contributed by atoms with E-state index in [2.05, 4.69) is 0 Å². The minimum Gasteiger partial charge on any atom is -0.480 e. The van der Waals surface area contributed by atoms with Crippen molar-refractivity contribution in [2.45, 2.75) is 57.2 Å². The van der Waals surface area contributed by atoms with Gasteiger partial charge < -0.3 is 5.11 Å². The van der Waals surface area contributed by atoms with Crippen molar-refractivity contribution in [2.75, 3.05) is 0 Å². The van der Waals surface area contributed by atoms with Crippen molar-refractivity contribution in [2.24, 2.45) is 5.92 Å². The molecule has 0 spiro atoms. The third-order valence-electron chi connectivity index (χ3n) is 5.10. The second-order valence-electron chi connectivity index (χ2n) is 6.31. The molecular formula is C17H22FNO2. The summed E-state index contributed by atoms with van der Waals surface area (Å²) in [6.07, 6.45) is 6.31. The van der Waals surface area contributed by atoms with Gasteiger partial charge in [-0.05, 0) is 37.7 Å². The number of hydrogen-bond donors (Lipinski definition) is 1. The van der Waals surface area contributed by atoms with Crippen LogP contribution in [0.25, 0.3) is 0 Å². The lowest BCUT2D eigenvalue weighted by molar-refractivity contribution is -0.148. The van der Waals surface area contributed by atoms with Crippen molar-refractivity contribution < 1.29 is 14.3 Å². The number of nitrogens with zero attached hydrogens (tertiary/aromatic N) is 1. The Morgan fingerprint density at radius 1 is 1.19 bits per heavy atom. The minimum atomic E-state index is -0.768. The summed E-state index contributed by atoms with van der Waals surface area (Å²) in [5.74, 6) is -0.420. The fraction of sp³-hybridized carbons (Fsp3) is 0.588. The lowest BCUT2D eigenvalue weighted by Crippen LogP contribution is -2.54. The molecule has 21 heavy (non-hydrogen) atoms. The second kappa shape index (κ2) is 6.14. The maximum atomic E-state index is 13.9. The highest BCUT2D eigenvalue weighted by atomic mass is 19.1. The van der Waals surface area contributed by atoms with Crippen LogP contribution in [-0.4, -0.2) is 28.1 Å². The van der Waals surface area contributed by atoms with Crippen LogP contribution in [-0.2, 0) is 11.3 Å². The van der Waals surface area contributed by atoms with Crippen LogP contribution in [0.4, 0.5) is 4.39 Å². The Hall–Kier alpha value is -1.42. The number of piperidine rings is 1. The topological polar surface area (TPSA) is 40.5 Å². The molecule has 1 saturated heterocycles. The number of carboxylic acids is 1. The molecule has 2 aliphatic rings. The predicted molar refractivity (Wildman–Crippen MR) is 78.3 cm³/mol. The predicted octanol–water partition coefficient (Wildman–Crippen LogP) is 3.43. The van der Waals surface area contributed by atoms with Gasteiger partial charge in [-0.3, -0.25) is 9.69 Å². The van der Waals surface area contributed by atoms with Gasteiger partial charge in [0.05, 0.1) is 0 Å². The van der Waals surface area contributed by atoms with Gasteiger partial charge in [0.2, 0.25) is 0 Å². The average Bonchev–Trinajstić information content (AvgIpc) is 2.49. The van der Waals surface area contributed by atoms with Gasteiger partial charge >= 0.3 is 5.97 Å². The number of fused-ring (bicyclic) bond motifs is 1. The van der Waals surface area contributed by atoms with E-state index in [4.69, 9.17) is 0 Å². The maximum Gasteiger partial charge on any atom is 0.320 e. The summed E-state index contributed by atoms with van der Waals surface area (Å²) in [4.78, 5) is 13.6. The van der Waals surface area contributed by atoms with Crippen LogP contribution in [0.1, 0.15) is 44.1 Å². The normalized spacial score (nSPS) is 29.9. The highest BCUT2D eigenvalue weighted by Crippen LogP contribution is 2.38. The van der Waals surface area contributed by atoms with E-state index in [-0.39, 0.29) is 5.82 Å². The molecular weight excluding hydrogens is 269 g/mol. The number of halogens is 1. The summed E-state index contributed by atoms with van der Waals surface area (Å²) < 4.78 is 13.9.